The first-order valence-corrected chi connectivity index (χ1v) is 3.90. The summed E-state index contributed by atoms with van der Waals surface area (Å²) >= 11 is 0. The van der Waals surface area contributed by atoms with Gasteiger partial charge < -0.3 is 5.32 Å². The lowest BCUT2D eigenvalue weighted by Crippen LogP contribution is -2.10. The average Bonchev–Trinajstić information content (AvgIpc) is 2.28. The zero-order chi connectivity index (χ0) is 8.39. The standard InChI is InChI=1S/C10H9NO/c12-9-4-5-10-8(7-9)3-1-2-6-11-10/h1-6,11H,7H2. The smallest absolute Gasteiger partial charge is 0.160 e. The molecule has 12 heavy (non-hydrogen) atoms. The Morgan fingerprint density at radius 2 is 2.08 bits per heavy atom. The van der Waals surface area contributed by atoms with E-state index in [1.807, 2.05) is 30.5 Å². The second-order valence-corrected chi connectivity index (χ2v) is 2.78. The normalized spacial score (nSPS) is 20.5. The SMILES string of the molecule is O=C1C=CC2=C(C=CC=CN2)C1. The number of ketones is 1. The molecule has 2 heteroatoms. The molecule has 0 unspecified atom stereocenters. The van der Waals surface area contributed by atoms with Gasteiger partial charge in [0.1, 0.15) is 0 Å². The second-order valence-electron chi connectivity index (χ2n) is 2.78. The van der Waals surface area contributed by atoms with Gasteiger partial charge in [0.25, 0.3) is 0 Å². The third-order valence-electron chi connectivity index (χ3n) is 1.89. The first kappa shape index (κ1) is 7.10. The van der Waals surface area contributed by atoms with Crippen LogP contribution in [0.5, 0.6) is 0 Å². The number of carbonyl (C=O) groups excluding carboxylic acids is 1. The van der Waals surface area contributed by atoms with Crippen LogP contribution in [0.1, 0.15) is 6.42 Å². The van der Waals surface area contributed by atoms with Crippen LogP contribution in [0.4, 0.5) is 0 Å². The molecule has 0 amide bonds. The predicted molar refractivity (Wildman–Crippen MR) is 47.2 cm³/mol. The number of rotatable bonds is 0. The van der Waals surface area contributed by atoms with Gasteiger partial charge in [-0.25, -0.2) is 0 Å². The fourth-order valence-corrected chi connectivity index (χ4v) is 1.28. The van der Waals surface area contributed by atoms with Crippen molar-refractivity contribution in [2.75, 3.05) is 0 Å². The summed E-state index contributed by atoms with van der Waals surface area (Å²) in [5.41, 5.74) is 2.09. The van der Waals surface area contributed by atoms with Crippen molar-refractivity contribution in [3.05, 3.63) is 47.9 Å². The monoisotopic (exact) mass is 159 g/mol. The summed E-state index contributed by atoms with van der Waals surface area (Å²) in [7, 11) is 0. The number of nitrogens with one attached hydrogen (secondary N) is 1. The summed E-state index contributed by atoms with van der Waals surface area (Å²) in [6.07, 6.45) is 11.6. The van der Waals surface area contributed by atoms with Gasteiger partial charge in [-0.1, -0.05) is 12.2 Å². The van der Waals surface area contributed by atoms with E-state index in [1.165, 1.54) is 0 Å². The van der Waals surface area contributed by atoms with E-state index in [9.17, 15) is 4.79 Å². The maximum absolute atomic E-state index is 11.0. The molecule has 0 aromatic carbocycles. The van der Waals surface area contributed by atoms with Crippen molar-refractivity contribution >= 4 is 5.78 Å². The summed E-state index contributed by atoms with van der Waals surface area (Å²) in [4.78, 5) is 11.0. The van der Waals surface area contributed by atoms with Crippen LogP contribution in [0.3, 0.4) is 0 Å². The van der Waals surface area contributed by atoms with Crippen LogP contribution in [-0.4, -0.2) is 5.78 Å². The highest BCUT2D eigenvalue weighted by Gasteiger charge is 2.10. The number of hydrogen-bond acceptors (Lipinski definition) is 2. The molecule has 0 bridgehead atoms. The van der Waals surface area contributed by atoms with Gasteiger partial charge in [0, 0.05) is 18.3 Å². The molecule has 0 aromatic rings. The predicted octanol–water partition coefficient (Wildman–Crippen LogP) is 1.44. The molecule has 2 nitrogen and oxygen atoms in total. The Kier molecular flexibility index (Phi) is 1.67. The lowest BCUT2D eigenvalue weighted by molar-refractivity contribution is -0.114. The summed E-state index contributed by atoms with van der Waals surface area (Å²) < 4.78 is 0. The summed E-state index contributed by atoms with van der Waals surface area (Å²) in [5, 5.41) is 3.10. The zero-order valence-electron chi connectivity index (χ0n) is 6.58. The van der Waals surface area contributed by atoms with Crippen LogP contribution in [0, 0.1) is 0 Å². The lowest BCUT2D eigenvalue weighted by atomic mass is 10.0. The molecule has 0 atom stereocenters. The largest absolute Gasteiger partial charge is 0.361 e. The molecule has 0 saturated heterocycles. The molecule has 0 fully saturated rings. The first-order valence-electron chi connectivity index (χ1n) is 3.90. The molecule has 0 saturated carbocycles. The summed E-state index contributed by atoms with van der Waals surface area (Å²) in [6, 6.07) is 0. The molecule has 0 aromatic heterocycles. The van der Waals surface area contributed by atoms with E-state index < -0.39 is 0 Å². The van der Waals surface area contributed by atoms with E-state index in [1.54, 1.807) is 6.08 Å². The van der Waals surface area contributed by atoms with Gasteiger partial charge in [0.2, 0.25) is 0 Å². The van der Waals surface area contributed by atoms with E-state index in [0.717, 1.165) is 11.3 Å². The van der Waals surface area contributed by atoms with Crippen molar-refractivity contribution in [2.45, 2.75) is 6.42 Å². The van der Waals surface area contributed by atoms with E-state index in [2.05, 4.69) is 5.32 Å². The van der Waals surface area contributed by atoms with Crippen LogP contribution >= 0.6 is 0 Å². The minimum Gasteiger partial charge on any atom is -0.361 e. The number of allylic oxidation sites excluding steroid dienone is 6. The van der Waals surface area contributed by atoms with E-state index >= 15 is 0 Å². The average molecular weight is 159 g/mol. The van der Waals surface area contributed by atoms with Crippen LogP contribution in [0.2, 0.25) is 0 Å². The Morgan fingerprint density at radius 1 is 1.17 bits per heavy atom. The molecule has 0 spiro atoms. The van der Waals surface area contributed by atoms with Crippen molar-refractivity contribution in [2.24, 2.45) is 0 Å². The highest BCUT2D eigenvalue weighted by molar-refractivity contribution is 5.94. The highest BCUT2D eigenvalue weighted by atomic mass is 16.1. The molecule has 0 radical (unpaired) electrons. The highest BCUT2D eigenvalue weighted by Crippen LogP contribution is 2.17. The van der Waals surface area contributed by atoms with Crippen LogP contribution < -0.4 is 5.32 Å². The third-order valence-corrected chi connectivity index (χ3v) is 1.89. The molecule has 60 valence electrons. The fraction of sp³-hybridized carbons (Fsp3) is 0.100. The van der Waals surface area contributed by atoms with Crippen LogP contribution in [0.15, 0.2) is 47.9 Å². The van der Waals surface area contributed by atoms with Crippen molar-refractivity contribution in [3.8, 4) is 0 Å². The maximum Gasteiger partial charge on any atom is 0.160 e. The van der Waals surface area contributed by atoms with Crippen molar-refractivity contribution < 1.29 is 4.79 Å². The summed E-state index contributed by atoms with van der Waals surface area (Å²) in [5.74, 6) is 0.169. The van der Waals surface area contributed by atoms with Gasteiger partial charge in [0.05, 0.1) is 0 Å². The Balaban J connectivity index is 2.36. The quantitative estimate of drug-likeness (QED) is 0.579. The number of carbonyl (C=O) groups is 1. The number of hydrogen-bond donors (Lipinski definition) is 1. The molecular weight excluding hydrogens is 150 g/mol. The van der Waals surface area contributed by atoms with Crippen molar-refractivity contribution in [3.63, 3.8) is 0 Å². The molecule has 1 aliphatic carbocycles. The molecule has 1 N–H and O–H groups in total. The van der Waals surface area contributed by atoms with Crippen molar-refractivity contribution in [1.29, 1.82) is 0 Å². The topological polar surface area (TPSA) is 29.1 Å². The lowest BCUT2D eigenvalue weighted by Gasteiger charge is -2.10. The fourth-order valence-electron chi connectivity index (χ4n) is 1.28. The second kappa shape index (κ2) is 2.81. The summed E-state index contributed by atoms with van der Waals surface area (Å²) in [6.45, 7) is 0. The Hall–Kier alpha value is -1.57. The van der Waals surface area contributed by atoms with Crippen LogP contribution in [-0.2, 0) is 4.79 Å². The van der Waals surface area contributed by atoms with Gasteiger partial charge >= 0.3 is 0 Å². The van der Waals surface area contributed by atoms with E-state index in [0.29, 0.717) is 6.42 Å². The first-order chi connectivity index (χ1) is 5.86. The van der Waals surface area contributed by atoms with Gasteiger partial charge in [-0.15, -0.1) is 0 Å². The molecular formula is C10H9NO. The van der Waals surface area contributed by atoms with E-state index in [4.69, 9.17) is 0 Å². The minimum absolute atomic E-state index is 0.169. The van der Waals surface area contributed by atoms with Crippen molar-refractivity contribution in [1.82, 2.24) is 5.32 Å². The van der Waals surface area contributed by atoms with Gasteiger partial charge in [0.15, 0.2) is 5.78 Å². The van der Waals surface area contributed by atoms with Gasteiger partial charge in [-0.3, -0.25) is 4.79 Å². The van der Waals surface area contributed by atoms with Gasteiger partial charge in [-0.05, 0) is 23.8 Å². The molecule has 1 aliphatic heterocycles. The van der Waals surface area contributed by atoms with Gasteiger partial charge in [-0.2, -0.15) is 0 Å². The Labute approximate surface area is 71.0 Å². The minimum atomic E-state index is 0.169. The molecule has 2 aliphatic rings. The van der Waals surface area contributed by atoms with E-state index in [-0.39, 0.29) is 5.78 Å². The third kappa shape index (κ3) is 1.23. The zero-order valence-corrected chi connectivity index (χ0v) is 6.58. The Morgan fingerprint density at radius 3 is 3.00 bits per heavy atom. The Bertz CT molecular complexity index is 332. The molecule has 2 rings (SSSR count). The molecule has 1 heterocycles. The van der Waals surface area contributed by atoms with Crippen LogP contribution in [0.25, 0.3) is 0 Å². The maximum atomic E-state index is 11.0.